The zero-order valence-corrected chi connectivity index (χ0v) is 8.31. The maximum absolute atomic E-state index is 10.8. The van der Waals surface area contributed by atoms with Gasteiger partial charge in [0.15, 0.2) is 0 Å². The predicted octanol–water partition coefficient (Wildman–Crippen LogP) is 2.22. The van der Waals surface area contributed by atoms with Gasteiger partial charge in [-0.15, -0.1) is 0 Å². The van der Waals surface area contributed by atoms with E-state index >= 15 is 0 Å². The maximum Gasteiger partial charge on any atom is 0.245 e. The van der Waals surface area contributed by atoms with Crippen molar-refractivity contribution < 1.29 is 4.79 Å². The van der Waals surface area contributed by atoms with Crippen LogP contribution in [0.3, 0.4) is 0 Å². The first-order chi connectivity index (χ1) is 6.33. The van der Waals surface area contributed by atoms with Gasteiger partial charge in [-0.05, 0) is 12.8 Å². The zero-order chi connectivity index (χ0) is 9.52. The molecule has 0 aromatic carbocycles. The van der Waals surface area contributed by atoms with Crippen LogP contribution in [0.5, 0.6) is 0 Å². The first-order valence-corrected chi connectivity index (χ1v) is 5.17. The van der Waals surface area contributed by atoms with Gasteiger partial charge in [0.25, 0.3) is 0 Å². The van der Waals surface area contributed by atoms with Gasteiger partial charge in [0, 0.05) is 5.71 Å². The highest BCUT2D eigenvalue weighted by molar-refractivity contribution is 6.04. The van der Waals surface area contributed by atoms with Crippen LogP contribution in [0, 0.1) is 0 Å². The van der Waals surface area contributed by atoms with Crippen molar-refractivity contribution >= 4 is 11.6 Å². The minimum Gasteiger partial charge on any atom is -0.273 e. The van der Waals surface area contributed by atoms with Gasteiger partial charge in [-0.3, -0.25) is 4.79 Å². The van der Waals surface area contributed by atoms with Gasteiger partial charge in [-0.1, -0.05) is 32.6 Å². The van der Waals surface area contributed by atoms with Crippen LogP contribution in [-0.4, -0.2) is 11.6 Å². The summed E-state index contributed by atoms with van der Waals surface area (Å²) in [5, 5.41) is 3.95. The highest BCUT2D eigenvalue weighted by atomic mass is 16.2. The second-order valence-electron chi connectivity index (χ2n) is 3.55. The van der Waals surface area contributed by atoms with Gasteiger partial charge in [-0.25, -0.2) is 5.43 Å². The van der Waals surface area contributed by atoms with Crippen LogP contribution in [0.2, 0.25) is 0 Å². The Labute approximate surface area is 79.6 Å². The molecule has 3 nitrogen and oxygen atoms in total. The normalized spacial score (nSPS) is 15.8. The number of hydrogen-bond acceptors (Lipinski definition) is 2. The lowest BCUT2D eigenvalue weighted by molar-refractivity contribution is -0.119. The first kappa shape index (κ1) is 10.2. The lowest BCUT2D eigenvalue weighted by atomic mass is 10.1. The molecule has 1 N–H and O–H groups in total. The minimum absolute atomic E-state index is 0.0450. The van der Waals surface area contributed by atoms with E-state index in [1.165, 1.54) is 32.1 Å². The number of carbonyl (C=O) groups is 1. The molecule has 0 bridgehead atoms. The van der Waals surface area contributed by atoms with Crippen LogP contribution >= 0.6 is 0 Å². The fourth-order valence-corrected chi connectivity index (χ4v) is 1.48. The van der Waals surface area contributed by atoms with Crippen molar-refractivity contribution in [3.05, 3.63) is 0 Å². The molecule has 74 valence electrons. The minimum atomic E-state index is 0.0450. The molecule has 1 aliphatic rings. The molecule has 1 aliphatic heterocycles. The maximum atomic E-state index is 10.8. The Hall–Kier alpha value is -0.860. The Kier molecular flexibility index (Phi) is 4.50. The largest absolute Gasteiger partial charge is 0.273 e. The highest BCUT2D eigenvalue weighted by Gasteiger charge is 2.12. The second-order valence-corrected chi connectivity index (χ2v) is 3.55. The van der Waals surface area contributed by atoms with E-state index in [9.17, 15) is 4.79 Å². The summed E-state index contributed by atoms with van der Waals surface area (Å²) < 4.78 is 0. The molecule has 0 radical (unpaired) electrons. The average Bonchev–Trinajstić information content (AvgIpc) is 2.51. The van der Waals surface area contributed by atoms with Crippen molar-refractivity contribution in [3.63, 3.8) is 0 Å². The van der Waals surface area contributed by atoms with E-state index in [2.05, 4.69) is 17.5 Å². The lowest BCUT2D eigenvalue weighted by Crippen LogP contribution is -2.09. The zero-order valence-electron chi connectivity index (χ0n) is 8.31. The second kappa shape index (κ2) is 5.73. The molecule has 1 rings (SSSR count). The predicted molar refractivity (Wildman–Crippen MR) is 53.6 cm³/mol. The summed E-state index contributed by atoms with van der Waals surface area (Å²) in [5.41, 5.74) is 3.50. The van der Waals surface area contributed by atoms with E-state index in [0.717, 1.165) is 12.1 Å². The Morgan fingerprint density at radius 2 is 2.08 bits per heavy atom. The van der Waals surface area contributed by atoms with Gasteiger partial charge < -0.3 is 0 Å². The van der Waals surface area contributed by atoms with E-state index in [1.54, 1.807) is 0 Å². The number of rotatable bonds is 6. The van der Waals surface area contributed by atoms with Gasteiger partial charge in [0.1, 0.15) is 0 Å². The summed E-state index contributed by atoms with van der Waals surface area (Å²) in [6.45, 7) is 2.21. The monoisotopic (exact) mass is 182 g/mol. The average molecular weight is 182 g/mol. The number of carbonyl (C=O) groups excluding carboxylic acids is 1. The van der Waals surface area contributed by atoms with E-state index in [-0.39, 0.29) is 5.91 Å². The van der Waals surface area contributed by atoms with Gasteiger partial charge in [-0.2, -0.15) is 5.10 Å². The molecule has 3 heteroatoms. The molecule has 0 atom stereocenters. The van der Waals surface area contributed by atoms with Crippen molar-refractivity contribution in [3.8, 4) is 0 Å². The van der Waals surface area contributed by atoms with Crippen LogP contribution in [0.1, 0.15) is 51.9 Å². The number of hydrazone groups is 1. The van der Waals surface area contributed by atoms with Crippen molar-refractivity contribution in [1.29, 1.82) is 0 Å². The molecule has 0 fully saturated rings. The summed E-state index contributed by atoms with van der Waals surface area (Å²) in [5.74, 6) is 0.0450. The molecule has 13 heavy (non-hydrogen) atoms. The molecule has 0 unspecified atom stereocenters. The summed E-state index contributed by atoms with van der Waals surface area (Å²) in [4.78, 5) is 10.8. The Bertz CT molecular complexity index is 199. The van der Waals surface area contributed by atoms with E-state index in [4.69, 9.17) is 0 Å². The van der Waals surface area contributed by atoms with Gasteiger partial charge >= 0.3 is 0 Å². The summed E-state index contributed by atoms with van der Waals surface area (Å²) in [6.07, 6.45) is 7.86. The van der Waals surface area contributed by atoms with Crippen LogP contribution in [-0.2, 0) is 4.79 Å². The molecule has 1 amide bonds. The van der Waals surface area contributed by atoms with Crippen LogP contribution in [0.4, 0.5) is 0 Å². The summed E-state index contributed by atoms with van der Waals surface area (Å²) >= 11 is 0. The molecule has 1 heterocycles. The third-order valence-corrected chi connectivity index (χ3v) is 2.27. The first-order valence-electron chi connectivity index (χ1n) is 5.17. The molecule has 0 aromatic heterocycles. The number of nitrogens with zero attached hydrogens (tertiary/aromatic N) is 1. The number of unbranched alkanes of at least 4 members (excludes halogenated alkanes) is 4. The fraction of sp³-hybridized carbons (Fsp3) is 0.800. The van der Waals surface area contributed by atoms with Gasteiger partial charge in [0.2, 0.25) is 5.91 Å². The van der Waals surface area contributed by atoms with E-state index < -0.39 is 0 Å². The van der Waals surface area contributed by atoms with E-state index in [0.29, 0.717) is 6.42 Å². The molecular formula is C10H18N2O. The Morgan fingerprint density at radius 1 is 1.31 bits per heavy atom. The standard InChI is InChI=1S/C10H18N2O/c1-2-3-4-5-6-7-9-8-10(13)12-11-9/h2-8H2,1H3,(H,12,13). The number of hydrogen-bond donors (Lipinski definition) is 1. The third-order valence-electron chi connectivity index (χ3n) is 2.27. The Morgan fingerprint density at radius 3 is 2.69 bits per heavy atom. The third kappa shape index (κ3) is 4.06. The molecular weight excluding hydrogens is 164 g/mol. The highest BCUT2D eigenvalue weighted by Crippen LogP contribution is 2.08. The van der Waals surface area contributed by atoms with Crippen molar-refractivity contribution in [2.75, 3.05) is 0 Å². The van der Waals surface area contributed by atoms with E-state index in [1.807, 2.05) is 0 Å². The lowest BCUT2D eigenvalue weighted by Gasteiger charge is -1.98. The van der Waals surface area contributed by atoms with Crippen LogP contribution in [0.15, 0.2) is 5.10 Å². The molecule has 0 aliphatic carbocycles. The SMILES string of the molecule is CCCCCCCC1=NNC(=O)C1. The summed E-state index contributed by atoms with van der Waals surface area (Å²) in [6, 6.07) is 0. The van der Waals surface area contributed by atoms with Crippen molar-refractivity contribution in [2.45, 2.75) is 51.9 Å². The van der Waals surface area contributed by atoms with Crippen molar-refractivity contribution in [2.24, 2.45) is 5.10 Å². The molecule has 0 aromatic rings. The molecule has 0 spiro atoms. The number of amides is 1. The fourth-order valence-electron chi connectivity index (χ4n) is 1.48. The quantitative estimate of drug-likeness (QED) is 0.629. The van der Waals surface area contributed by atoms with Crippen molar-refractivity contribution in [1.82, 2.24) is 5.43 Å². The number of nitrogens with one attached hydrogen (secondary N) is 1. The smallest absolute Gasteiger partial charge is 0.245 e. The topological polar surface area (TPSA) is 41.5 Å². The van der Waals surface area contributed by atoms with Gasteiger partial charge in [0.05, 0.1) is 6.42 Å². The molecule has 0 saturated heterocycles. The van der Waals surface area contributed by atoms with Crippen LogP contribution in [0.25, 0.3) is 0 Å². The molecule has 0 saturated carbocycles. The Balaban J connectivity index is 1.97. The summed E-state index contributed by atoms with van der Waals surface area (Å²) in [7, 11) is 0. The van der Waals surface area contributed by atoms with Crippen LogP contribution < -0.4 is 5.43 Å².